The summed E-state index contributed by atoms with van der Waals surface area (Å²) >= 11 is 0. The third-order valence-electron chi connectivity index (χ3n) is 6.22. The Hall–Kier alpha value is -2.45. The summed E-state index contributed by atoms with van der Waals surface area (Å²) in [7, 11) is 3.22. The highest BCUT2D eigenvalue weighted by molar-refractivity contribution is 5.95. The molecule has 1 aromatic heterocycles. The first-order valence-electron chi connectivity index (χ1n) is 9.73. The third kappa shape index (κ3) is 3.02. The minimum atomic E-state index is -1.30. The van der Waals surface area contributed by atoms with Crippen LogP contribution in [0.3, 0.4) is 0 Å². The second-order valence-corrected chi connectivity index (χ2v) is 7.91. The molecule has 2 heterocycles. The van der Waals surface area contributed by atoms with Crippen LogP contribution < -0.4 is 10.3 Å². The number of aromatic nitrogens is 1. The minimum Gasteiger partial charge on any atom is -0.477 e. The van der Waals surface area contributed by atoms with Gasteiger partial charge in [-0.25, -0.2) is 9.18 Å². The lowest BCUT2D eigenvalue weighted by Crippen LogP contribution is -2.35. The first kappa shape index (κ1) is 19.8. The third-order valence-corrected chi connectivity index (χ3v) is 6.22. The van der Waals surface area contributed by atoms with Crippen molar-refractivity contribution in [3.63, 3.8) is 0 Å². The lowest BCUT2D eigenvalue weighted by molar-refractivity contribution is -0.0153. The number of hydrogen-bond acceptors (Lipinski definition) is 5. The average molecular weight is 404 g/mol. The number of hydrogen-bond donors (Lipinski definition) is 1. The lowest BCUT2D eigenvalue weighted by Gasteiger charge is -2.28. The van der Waals surface area contributed by atoms with E-state index >= 15 is 4.39 Å². The zero-order chi connectivity index (χ0) is 21.0. The summed E-state index contributed by atoms with van der Waals surface area (Å²) < 4.78 is 28.2. The number of halogens is 1. The van der Waals surface area contributed by atoms with Gasteiger partial charge < -0.3 is 24.0 Å². The largest absolute Gasteiger partial charge is 0.477 e. The summed E-state index contributed by atoms with van der Waals surface area (Å²) in [6.07, 6.45) is 2.79. The molecule has 8 heteroatoms. The number of aryl methyl sites for hydroxylation is 1. The van der Waals surface area contributed by atoms with Gasteiger partial charge in [-0.3, -0.25) is 4.79 Å². The fraction of sp³-hybridized carbons (Fsp3) is 0.524. The molecular formula is C21H25FN2O5. The molecule has 156 valence electrons. The quantitative estimate of drug-likeness (QED) is 0.825. The number of ether oxygens (including phenoxy) is 2. The standard InChI is InChI=1S/C21H25FN2O5/c1-10-17-13(19(25)14(21(26)27)8-24(17)12-5-6-12)7-15(22)18(10)23-9-16(28-3)20(29-4)11(23)2/h7-8,11-12,16,20H,5-6,9H2,1-4H3,(H,26,27). The molecule has 2 aliphatic rings. The number of benzene rings is 1. The Morgan fingerprint density at radius 3 is 2.48 bits per heavy atom. The number of methoxy groups -OCH3 is 2. The van der Waals surface area contributed by atoms with Gasteiger partial charge in [0, 0.05) is 38.4 Å². The summed E-state index contributed by atoms with van der Waals surface area (Å²) in [5.41, 5.74) is 0.644. The first-order chi connectivity index (χ1) is 13.8. The zero-order valence-electron chi connectivity index (χ0n) is 16.9. The van der Waals surface area contributed by atoms with E-state index < -0.39 is 17.2 Å². The molecule has 1 saturated heterocycles. The van der Waals surface area contributed by atoms with Crippen LogP contribution >= 0.6 is 0 Å². The SMILES string of the molecule is COC1CN(c2c(F)cc3c(=O)c(C(=O)O)cn(C4CC4)c3c2C)C(C)C1OC. The van der Waals surface area contributed by atoms with E-state index in [-0.39, 0.29) is 35.2 Å². The number of nitrogens with zero attached hydrogens (tertiary/aromatic N) is 2. The van der Waals surface area contributed by atoms with E-state index in [1.54, 1.807) is 21.1 Å². The van der Waals surface area contributed by atoms with Crippen LogP contribution in [-0.4, -0.2) is 54.7 Å². The Balaban J connectivity index is 1.96. The Morgan fingerprint density at radius 2 is 1.97 bits per heavy atom. The van der Waals surface area contributed by atoms with Gasteiger partial charge >= 0.3 is 5.97 Å². The molecule has 1 N–H and O–H groups in total. The highest BCUT2D eigenvalue weighted by atomic mass is 19.1. The summed E-state index contributed by atoms with van der Waals surface area (Å²) in [5.74, 6) is -1.84. The molecular weight excluding hydrogens is 379 g/mol. The number of carboxylic acids is 1. The molecule has 7 nitrogen and oxygen atoms in total. The van der Waals surface area contributed by atoms with E-state index in [1.807, 2.05) is 16.4 Å². The number of rotatable bonds is 5. The topological polar surface area (TPSA) is 81.0 Å². The second kappa shape index (κ2) is 7.11. The fourth-order valence-electron chi connectivity index (χ4n) is 4.62. The smallest absolute Gasteiger partial charge is 0.341 e. The van der Waals surface area contributed by atoms with E-state index in [0.29, 0.717) is 23.3 Å². The van der Waals surface area contributed by atoms with Gasteiger partial charge in [0.05, 0.1) is 17.2 Å². The van der Waals surface area contributed by atoms with Crippen molar-refractivity contribution in [2.75, 3.05) is 25.7 Å². The van der Waals surface area contributed by atoms with Gasteiger partial charge in [0.2, 0.25) is 5.43 Å². The van der Waals surface area contributed by atoms with E-state index in [4.69, 9.17) is 9.47 Å². The molecule has 0 bridgehead atoms. The lowest BCUT2D eigenvalue weighted by atomic mass is 10.0. The summed E-state index contributed by atoms with van der Waals surface area (Å²) in [6, 6.07) is 1.18. The molecule has 29 heavy (non-hydrogen) atoms. The van der Waals surface area contributed by atoms with Crippen molar-refractivity contribution in [3.05, 3.63) is 39.4 Å². The van der Waals surface area contributed by atoms with Crippen LogP contribution in [0.2, 0.25) is 0 Å². The van der Waals surface area contributed by atoms with Crippen molar-refractivity contribution in [2.24, 2.45) is 0 Å². The molecule has 1 saturated carbocycles. The number of pyridine rings is 1. The Kier molecular flexibility index (Phi) is 4.86. The van der Waals surface area contributed by atoms with Crippen molar-refractivity contribution < 1.29 is 23.8 Å². The molecule has 0 radical (unpaired) electrons. The molecule has 3 unspecified atom stereocenters. The Bertz CT molecular complexity index is 1050. The van der Waals surface area contributed by atoms with Crippen molar-refractivity contribution in [2.45, 2.75) is 51.0 Å². The van der Waals surface area contributed by atoms with Crippen LogP contribution in [0.1, 0.15) is 41.7 Å². The van der Waals surface area contributed by atoms with Crippen LogP contribution in [-0.2, 0) is 9.47 Å². The predicted molar refractivity (Wildman–Crippen MR) is 107 cm³/mol. The Morgan fingerprint density at radius 1 is 1.28 bits per heavy atom. The van der Waals surface area contributed by atoms with E-state index in [0.717, 1.165) is 12.8 Å². The minimum absolute atomic E-state index is 0.106. The van der Waals surface area contributed by atoms with Crippen molar-refractivity contribution in [1.82, 2.24) is 4.57 Å². The van der Waals surface area contributed by atoms with Gasteiger partial charge in [0.1, 0.15) is 23.6 Å². The van der Waals surface area contributed by atoms with E-state index in [9.17, 15) is 14.7 Å². The monoisotopic (exact) mass is 404 g/mol. The van der Waals surface area contributed by atoms with Gasteiger partial charge in [-0.1, -0.05) is 0 Å². The van der Waals surface area contributed by atoms with Gasteiger partial charge in [-0.2, -0.15) is 0 Å². The maximum absolute atomic E-state index is 15.3. The molecule has 3 atom stereocenters. The highest BCUT2D eigenvalue weighted by Crippen LogP contribution is 2.41. The van der Waals surface area contributed by atoms with Crippen molar-refractivity contribution >= 4 is 22.6 Å². The van der Waals surface area contributed by atoms with Crippen molar-refractivity contribution in [1.29, 1.82) is 0 Å². The van der Waals surface area contributed by atoms with Crippen LogP contribution in [0.15, 0.2) is 17.1 Å². The second-order valence-electron chi connectivity index (χ2n) is 7.91. The summed E-state index contributed by atoms with van der Waals surface area (Å²) in [6.45, 7) is 4.20. The molecule has 2 aromatic rings. The molecule has 0 spiro atoms. The molecule has 2 fully saturated rings. The number of aromatic carboxylic acids is 1. The highest BCUT2D eigenvalue weighted by Gasteiger charge is 2.41. The molecule has 0 amide bonds. The van der Waals surface area contributed by atoms with Crippen LogP contribution in [0.5, 0.6) is 0 Å². The summed E-state index contributed by atoms with van der Waals surface area (Å²) in [4.78, 5) is 26.2. The van der Waals surface area contributed by atoms with Crippen LogP contribution in [0.4, 0.5) is 10.1 Å². The van der Waals surface area contributed by atoms with Crippen LogP contribution in [0, 0.1) is 12.7 Å². The summed E-state index contributed by atoms with van der Waals surface area (Å²) in [5, 5.41) is 9.53. The first-order valence-corrected chi connectivity index (χ1v) is 9.73. The van der Waals surface area contributed by atoms with E-state index in [2.05, 4.69) is 0 Å². The number of fused-ring (bicyclic) bond motifs is 1. The van der Waals surface area contributed by atoms with Gasteiger partial charge in [0.25, 0.3) is 0 Å². The number of carbonyl (C=O) groups is 1. The number of anilines is 1. The van der Waals surface area contributed by atoms with Crippen LogP contribution in [0.25, 0.3) is 10.9 Å². The molecule has 1 aromatic carbocycles. The maximum Gasteiger partial charge on any atom is 0.341 e. The molecule has 4 rings (SSSR count). The molecule has 1 aliphatic carbocycles. The fourth-order valence-corrected chi connectivity index (χ4v) is 4.62. The predicted octanol–water partition coefficient (Wildman–Crippen LogP) is 2.72. The van der Waals surface area contributed by atoms with Crippen molar-refractivity contribution in [3.8, 4) is 0 Å². The van der Waals surface area contributed by atoms with Gasteiger partial charge in [0.15, 0.2) is 0 Å². The Labute approximate surface area is 167 Å². The number of carboxylic acid groups (broad SMARTS) is 1. The van der Waals surface area contributed by atoms with E-state index in [1.165, 1.54) is 12.3 Å². The van der Waals surface area contributed by atoms with Gasteiger partial charge in [-0.15, -0.1) is 0 Å². The average Bonchev–Trinajstić information content (AvgIpc) is 3.47. The normalized spacial score (nSPS) is 24.4. The maximum atomic E-state index is 15.3. The zero-order valence-corrected chi connectivity index (χ0v) is 16.9. The van der Waals surface area contributed by atoms with Gasteiger partial charge in [-0.05, 0) is 38.3 Å². The molecule has 1 aliphatic heterocycles.